The molecule has 0 aromatic heterocycles. The molecule has 0 aromatic carbocycles. The molecule has 1 amide bonds. The second-order valence-corrected chi connectivity index (χ2v) is 4.62. The van der Waals surface area contributed by atoms with E-state index in [2.05, 4.69) is 5.32 Å². The Morgan fingerprint density at radius 2 is 2.30 bits per heavy atom. The molecule has 1 aliphatic heterocycles. The van der Waals surface area contributed by atoms with Crippen LogP contribution in [0.15, 0.2) is 0 Å². The summed E-state index contributed by atoms with van der Waals surface area (Å²) in [5.41, 5.74) is 0. The average molecular weight is 290 g/mol. The van der Waals surface area contributed by atoms with Gasteiger partial charge in [-0.05, 0) is 0 Å². The molecular weight excluding hydrogens is 268 g/mol. The molecule has 0 saturated carbocycles. The number of aliphatic hydroxyl groups excluding tert-OH is 1. The van der Waals surface area contributed by atoms with E-state index >= 15 is 0 Å². The van der Waals surface area contributed by atoms with E-state index < -0.39 is 18.1 Å². The predicted molar refractivity (Wildman–Crippen MR) is 69.3 cm³/mol. The number of nitrogens with zero attached hydrogens (tertiary/aromatic N) is 1. The molecule has 0 radical (unpaired) electrons. The molecule has 20 heavy (non-hydrogen) atoms. The number of carboxylic acids is 1. The number of methoxy groups -OCH3 is 1. The van der Waals surface area contributed by atoms with E-state index in [0.29, 0.717) is 26.3 Å². The largest absolute Gasteiger partial charge is 0.481 e. The second-order valence-electron chi connectivity index (χ2n) is 4.62. The molecule has 0 aromatic rings. The summed E-state index contributed by atoms with van der Waals surface area (Å²) in [5, 5.41) is 21.3. The van der Waals surface area contributed by atoms with Gasteiger partial charge in [0.1, 0.15) is 0 Å². The van der Waals surface area contributed by atoms with Crippen LogP contribution in [-0.4, -0.2) is 85.7 Å². The zero-order valence-electron chi connectivity index (χ0n) is 11.6. The number of amides is 1. The van der Waals surface area contributed by atoms with Crippen LogP contribution in [0, 0.1) is 0 Å². The molecule has 1 rings (SSSR count). The van der Waals surface area contributed by atoms with Crippen LogP contribution in [0.4, 0.5) is 0 Å². The molecule has 0 aliphatic carbocycles. The Bertz CT molecular complexity index is 325. The van der Waals surface area contributed by atoms with Gasteiger partial charge >= 0.3 is 5.97 Å². The van der Waals surface area contributed by atoms with Gasteiger partial charge in [-0.25, -0.2) is 0 Å². The predicted octanol–water partition coefficient (Wildman–Crippen LogP) is -1.71. The van der Waals surface area contributed by atoms with Gasteiger partial charge in [0.25, 0.3) is 0 Å². The van der Waals surface area contributed by atoms with E-state index in [1.165, 1.54) is 0 Å². The van der Waals surface area contributed by atoms with Gasteiger partial charge in [0, 0.05) is 26.7 Å². The quantitative estimate of drug-likeness (QED) is 0.434. The smallest absolute Gasteiger partial charge is 0.305 e. The Labute approximate surface area is 117 Å². The number of carbonyl (C=O) groups excluding carboxylic acids is 1. The minimum atomic E-state index is -1.04. The third-order valence-electron chi connectivity index (χ3n) is 3.00. The fraction of sp³-hybridized carbons (Fsp3) is 0.833. The number of aliphatic hydroxyl groups is 1. The molecule has 1 saturated heterocycles. The maximum absolute atomic E-state index is 11.7. The number of hydrogen-bond acceptors (Lipinski definition) is 6. The number of aliphatic carboxylic acids is 1. The summed E-state index contributed by atoms with van der Waals surface area (Å²) in [6, 6.07) is -0.741. The molecule has 1 aliphatic rings. The molecule has 2 atom stereocenters. The van der Waals surface area contributed by atoms with Crippen molar-refractivity contribution >= 4 is 11.9 Å². The lowest BCUT2D eigenvalue weighted by Crippen LogP contribution is -2.57. The first-order valence-corrected chi connectivity index (χ1v) is 6.53. The van der Waals surface area contributed by atoms with Gasteiger partial charge in [-0.15, -0.1) is 0 Å². The van der Waals surface area contributed by atoms with Gasteiger partial charge in [0.15, 0.2) is 0 Å². The van der Waals surface area contributed by atoms with E-state index in [1.807, 2.05) is 0 Å². The van der Waals surface area contributed by atoms with Crippen molar-refractivity contribution in [2.45, 2.75) is 18.6 Å². The number of piperazine rings is 1. The van der Waals surface area contributed by atoms with E-state index in [9.17, 15) is 14.7 Å². The van der Waals surface area contributed by atoms with Crippen LogP contribution in [0.3, 0.4) is 0 Å². The highest BCUT2D eigenvalue weighted by molar-refractivity contribution is 5.86. The van der Waals surface area contributed by atoms with Gasteiger partial charge in [-0.3, -0.25) is 14.5 Å². The maximum atomic E-state index is 11.7. The Morgan fingerprint density at radius 1 is 1.55 bits per heavy atom. The first kappa shape index (κ1) is 16.8. The fourth-order valence-corrected chi connectivity index (χ4v) is 2.05. The summed E-state index contributed by atoms with van der Waals surface area (Å²) >= 11 is 0. The highest BCUT2D eigenvalue weighted by atomic mass is 16.5. The zero-order chi connectivity index (χ0) is 15.0. The van der Waals surface area contributed by atoms with Crippen LogP contribution < -0.4 is 5.32 Å². The third kappa shape index (κ3) is 5.83. The Kier molecular flexibility index (Phi) is 7.45. The highest BCUT2D eigenvalue weighted by Gasteiger charge is 2.32. The lowest BCUT2D eigenvalue weighted by Gasteiger charge is -2.35. The number of hydrogen-bond donors (Lipinski definition) is 3. The van der Waals surface area contributed by atoms with Crippen LogP contribution >= 0.6 is 0 Å². The number of carboxylic acid groups (broad SMARTS) is 1. The molecule has 1 heterocycles. The maximum Gasteiger partial charge on any atom is 0.305 e. The molecule has 1 fully saturated rings. The lowest BCUT2D eigenvalue weighted by molar-refractivity contribution is -0.143. The zero-order valence-corrected chi connectivity index (χ0v) is 11.6. The van der Waals surface area contributed by atoms with E-state index in [0.717, 1.165) is 0 Å². The Morgan fingerprint density at radius 3 is 2.95 bits per heavy atom. The molecule has 8 heteroatoms. The van der Waals surface area contributed by atoms with Crippen LogP contribution in [0.25, 0.3) is 0 Å². The number of carbonyl (C=O) groups is 2. The van der Waals surface area contributed by atoms with Gasteiger partial charge in [0.2, 0.25) is 5.91 Å². The third-order valence-corrected chi connectivity index (χ3v) is 3.00. The first-order chi connectivity index (χ1) is 9.54. The van der Waals surface area contributed by atoms with Gasteiger partial charge in [-0.1, -0.05) is 0 Å². The normalized spacial score (nSPS) is 21.5. The van der Waals surface area contributed by atoms with Crippen molar-refractivity contribution in [1.82, 2.24) is 10.2 Å². The highest BCUT2D eigenvalue weighted by Crippen LogP contribution is 2.10. The van der Waals surface area contributed by atoms with Crippen molar-refractivity contribution in [3.05, 3.63) is 0 Å². The molecule has 0 spiro atoms. The van der Waals surface area contributed by atoms with Crippen molar-refractivity contribution in [1.29, 1.82) is 0 Å². The second kappa shape index (κ2) is 8.85. The number of β-amino-alcohol motifs (C(OH)–C–C–N with tert-alkyl or cyclic N) is 1. The minimum Gasteiger partial charge on any atom is -0.481 e. The summed E-state index contributed by atoms with van der Waals surface area (Å²) in [6.45, 7) is 2.12. The van der Waals surface area contributed by atoms with Gasteiger partial charge < -0.3 is 25.0 Å². The van der Waals surface area contributed by atoms with E-state index in [-0.39, 0.29) is 25.5 Å². The summed E-state index contributed by atoms with van der Waals surface area (Å²) in [7, 11) is 1.56. The van der Waals surface area contributed by atoms with E-state index in [1.54, 1.807) is 12.0 Å². The standard InChI is InChI=1S/C12H22N2O6/c1-19-4-5-20-8-9(15)7-14-3-2-13-12(18)10(14)6-11(16)17/h9-10,15H,2-8H2,1H3,(H,13,18)(H,16,17). The first-order valence-electron chi connectivity index (χ1n) is 6.53. The Hall–Kier alpha value is -1.22. The van der Waals surface area contributed by atoms with Crippen molar-refractivity contribution < 1.29 is 29.3 Å². The Balaban J connectivity index is 2.41. The minimum absolute atomic E-state index is 0.126. The molecule has 0 bridgehead atoms. The van der Waals surface area contributed by atoms with Crippen molar-refractivity contribution in [2.24, 2.45) is 0 Å². The number of rotatable bonds is 9. The topological polar surface area (TPSA) is 108 Å². The fourth-order valence-electron chi connectivity index (χ4n) is 2.05. The summed E-state index contributed by atoms with van der Waals surface area (Å²) in [4.78, 5) is 24.1. The molecule has 116 valence electrons. The number of ether oxygens (including phenoxy) is 2. The van der Waals surface area contributed by atoms with Crippen molar-refractivity contribution in [2.75, 3.05) is 46.6 Å². The number of nitrogens with one attached hydrogen (secondary N) is 1. The van der Waals surface area contributed by atoms with Gasteiger partial charge in [0.05, 0.1) is 38.4 Å². The van der Waals surface area contributed by atoms with Gasteiger partial charge in [-0.2, -0.15) is 0 Å². The summed E-state index contributed by atoms with van der Waals surface area (Å²) < 4.78 is 10.0. The van der Waals surface area contributed by atoms with E-state index in [4.69, 9.17) is 14.6 Å². The average Bonchev–Trinajstić information content (AvgIpc) is 2.38. The molecule has 8 nitrogen and oxygen atoms in total. The van der Waals surface area contributed by atoms with Crippen LogP contribution in [-0.2, 0) is 19.1 Å². The summed E-state index contributed by atoms with van der Waals surface area (Å²) in [6.07, 6.45) is -1.04. The van der Waals surface area contributed by atoms with Crippen molar-refractivity contribution in [3.63, 3.8) is 0 Å². The molecule has 3 N–H and O–H groups in total. The SMILES string of the molecule is COCCOCC(O)CN1CCNC(=O)C1CC(=O)O. The molecular formula is C12H22N2O6. The van der Waals surface area contributed by atoms with Crippen molar-refractivity contribution in [3.8, 4) is 0 Å². The monoisotopic (exact) mass is 290 g/mol. The molecule has 2 unspecified atom stereocenters. The van der Waals surface area contributed by atoms with Crippen LogP contribution in [0.1, 0.15) is 6.42 Å². The lowest BCUT2D eigenvalue weighted by atomic mass is 10.1. The van der Waals surface area contributed by atoms with Crippen LogP contribution in [0.2, 0.25) is 0 Å². The summed E-state index contributed by atoms with van der Waals surface area (Å²) in [5.74, 6) is -1.35. The van der Waals surface area contributed by atoms with Crippen LogP contribution in [0.5, 0.6) is 0 Å².